The topological polar surface area (TPSA) is 65.0 Å². The highest BCUT2D eigenvalue weighted by Gasteiger charge is 2.35. The Bertz CT molecular complexity index is 457. The van der Waals surface area contributed by atoms with Crippen LogP contribution in [0.25, 0.3) is 0 Å². The Hall–Kier alpha value is -1.91. The lowest BCUT2D eigenvalue weighted by molar-refractivity contribution is -0.144. The summed E-state index contributed by atoms with van der Waals surface area (Å²) < 4.78 is 16.3. The van der Waals surface area contributed by atoms with Crippen molar-refractivity contribution in [3.05, 3.63) is 18.2 Å². The van der Waals surface area contributed by atoms with E-state index in [-0.39, 0.29) is 6.10 Å². The largest absolute Gasteiger partial charge is 0.493 e. The third kappa shape index (κ3) is 2.75. The van der Waals surface area contributed by atoms with Gasteiger partial charge in [-0.25, -0.2) is 0 Å². The number of carboxylic acid groups (broad SMARTS) is 1. The molecule has 5 nitrogen and oxygen atoms in total. The maximum Gasteiger partial charge on any atom is 0.310 e. The minimum absolute atomic E-state index is 0.307. The second kappa shape index (κ2) is 5.82. The van der Waals surface area contributed by atoms with Crippen LogP contribution in [0.3, 0.4) is 0 Å². The van der Waals surface area contributed by atoms with Crippen LogP contribution in [0.1, 0.15) is 19.3 Å². The molecule has 104 valence electrons. The van der Waals surface area contributed by atoms with Crippen molar-refractivity contribution in [1.29, 1.82) is 0 Å². The third-order valence-electron chi connectivity index (χ3n) is 3.41. The summed E-state index contributed by atoms with van der Waals surface area (Å²) in [6, 6.07) is 5.33. The van der Waals surface area contributed by atoms with Crippen LogP contribution < -0.4 is 14.2 Å². The Balaban J connectivity index is 2.21. The van der Waals surface area contributed by atoms with Crippen LogP contribution in [0, 0.1) is 5.92 Å². The summed E-state index contributed by atoms with van der Waals surface area (Å²) in [6.45, 7) is 0. The lowest BCUT2D eigenvalue weighted by Gasteiger charge is -2.20. The van der Waals surface area contributed by atoms with Gasteiger partial charge in [0.15, 0.2) is 11.5 Å². The second-order valence-electron chi connectivity index (χ2n) is 4.52. The zero-order valence-corrected chi connectivity index (χ0v) is 11.1. The molecule has 2 atom stereocenters. The van der Waals surface area contributed by atoms with Crippen molar-refractivity contribution in [2.75, 3.05) is 14.2 Å². The number of carboxylic acids is 1. The molecule has 1 saturated carbocycles. The van der Waals surface area contributed by atoms with Crippen molar-refractivity contribution >= 4 is 5.97 Å². The van der Waals surface area contributed by atoms with E-state index in [0.717, 1.165) is 12.8 Å². The summed E-state index contributed by atoms with van der Waals surface area (Å²) in [5, 5.41) is 9.15. The van der Waals surface area contributed by atoms with Gasteiger partial charge in [-0.15, -0.1) is 0 Å². The number of para-hydroxylation sites is 1. The Kier molecular flexibility index (Phi) is 4.14. The number of hydrogen-bond donors (Lipinski definition) is 1. The fraction of sp³-hybridized carbons (Fsp3) is 0.500. The van der Waals surface area contributed by atoms with E-state index in [1.54, 1.807) is 25.3 Å². The molecule has 1 aromatic rings. The van der Waals surface area contributed by atoms with Gasteiger partial charge < -0.3 is 19.3 Å². The molecule has 0 aromatic heterocycles. The number of methoxy groups -OCH3 is 2. The Labute approximate surface area is 112 Å². The van der Waals surface area contributed by atoms with E-state index in [1.807, 2.05) is 0 Å². The Morgan fingerprint density at radius 2 is 1.95 bits per heavy atom. The van der Waals surface area contributed by atoms with Crippen molar-refractivity contribution in [3.8, 4) is 17.2 Å². The predicted octanol–water partition coefficient (Wildman–Crippen LogP) is 2.34. The third-order valence-corrected chi connectivity index (χ3v) is 3.41. The number of aliphatic carboxylic acids is 1. The molecule has 0 amide bonds. The first-order chi connectivity index (χ1) is 9.17. The fourth-order valence-electron chi connectivity index (χ4n) is 2.46. The molecule has 0 spiro atoms. The van der Waals surface area contributed by atoms with Crippen LogP contribution in [0.2, 0.25) is 0 Å². The zero-order valence-electron chi connectivity index (χ0n) is 11.1. The van der Waals surface area contributed by atoms with Crippen molar-refractivity contribution in [1.82, 2.24) is 0 Å². The Morgan fingerprint density at radius 1 is 1.21 bits per heavy atom. The summed E-state index contributed by atoms with van der Waals surface area (Å²) in [7, 11) is 3.09. The normalized spacial score (nSPS) is 22.0. The zero-order chi connectivity index (χ0) is 13.8. The monoisotopic (exact) mass is 266 g/mol. The molecule has 0 heterocycles. The maximum atomic E-state index is 11.1. The van der Waals surface area contributed by atoms with E-state index in [1.165, 1.54) is 7.11 Å². The van der Waals surface area contributed by atoms with Crippen molar-refractivity contribution in [3.63, 3.8) is 0 Å². The smallest absolute Gasteiger partial charge is 0.310 e. The molecule has 1 fully saturated rings. The number of carbonyl (C=O) groups is 1. The van der Waals surface area contributed by atoms with E-state index < -0.39 is 11.9 Å². The maximum absolute atomic E-state index is 11.1. The van der Waals surface area contributed by atoms with Crippen LogP contribution in [-0.4, -0.2) is 31.4 Å². The standard InChI is InChI=1S/C14H18O5/c1-17-11-7-4-8-12(13(11)18-2)19-10-6-3-5-9(10)14(15)16/h4,7-10H,3,5-6H2,1-2H3,(H,15,16). The minimum atomic E-state index is -0.802. The molecule has 0 aliphatic heterocycles. The van der Waals surface area contributed by atoms with Gasteiger partial charge in [-0.3, -0.25) is 4.79 Å². The van der Waals surface area contributed by atoms with Crippen LogP contribution in [0.5, 0.6) is 17.2 Å². The van der Waals surface area contributed by atoms with E-state index >= 15 is 0 Å². The van der Waals surface area contributed by atoms with Crippen molar-refractivity contribution in [2.45, 2.75) is 25.4 Å². The van der Waals surface area contributed by atoms with E-state index in [2.05, 4.69) is 0 Å². The van der Waals surface area contributed by atoms with Gasteiger partial charge in [-0.2, -0.15) is 0 Å². The molecule has 0 saturated heterocycles. The number of hydrogen-bond acceptors (Lipinski definition) is 4. The van der Waals surface area contributed by atoms with Gasteiger partial charge in [0.1, 0.15) is 6.10 Å². The van der Waals surface area contributed by atoms with Crippen LogP contribution in [-0.2, 0) is 4.79 Å². The van der Waals surface area contributed by atoms with Gasteiger partial charge in [0.2, 0.25) is 5.75 Å². The van der Waals surface area contributed by atoms with Crippen molar-refractivity contribution < 1.29 is 24.1 Å². The van der Waals surface area contributed by atoms with E-state index in [9.17, 15) is 4.79 Å². The molecule has 1 N–H and O–H groups in total. The van der Waals surface area contributed by atoms with E-state index in [0.29, 0.717) is 23.7 Å². The average molecular weight is 266 g/mol. The lowest BCUT2D eigenvalue weighted by atomic mass is 10.1. The van der Waals surface area contributed by atoms with Crippen LogP contribution >= 0.6 is 0 Å². The summed E-state index contributed by atoms with van der Waals surface area (Å²) in [6.07, 6.45) is 1.97. The van der Waals surface area contributed by atoms with Crippen LogP contribution in [0.15, 0.2) is 18.2 Å². The molecule has 19 heavy (non-hydrogen) atoms. The Morgan fingerprint density at radius 3 is 2.58 bits per heavy atom. The molecular weight excluding hydrogens is 248 g/mol. The summed E-state index contributed by atoms with van der Waals surface area (Å²) in [4.78, 5) is 11.1. The number of ether oxygens (including phenoxy) is 3. The highest BCUT2D eigenvalue weighted by Crippen LogP contribution is 2.39. The van der Waals surface area contributed by atoms with E-state index in [4.69, 9.17) is 19.3 Å². The number of benzene rings is 1. The molecule has 2 rings (SSSR count). The molecule has 1 aliphatic rings. The van der Waals surface area contributed by atoms with Gasteiger partial charge in [0, 0.05) is 0 Å². The summed E-state index contributed by atoms with van der Waals surface area (Å²) in [5.41, 5.74) is 0. The van der Waals surface area contributed by atoms with Gasteiger partial charge in [-0.05, 0) is 31.4 Å². The van der Waals surface area contributed by atoms with Gasteiger partial charge in [0.25, 0.3) is 0 Å². The summed E-state index contributed by atoms with van der Waals surface area (Å²) >= 11 is 0. The minimum Gasteiger partial charge on any atom is -0.493 e. The highest BCUT2D eigenvalue weighted by atomic mass is 16.5. The lowest BCUT2D eigenvalue weighted by Crippen LogP contribution is -2.28. The SMILES string of the molecule is COc1cccc(OC2CCCC2C(=O)O)c1OC. The van der Waals surface area contributed by atoms with Crippen LogP contribution in [0.4, 0.5) is 0 Å². The molecule has 5 heteroatoms. The highest BCUT2D eigenvalue weighted by molar-refractivity contribution is 5.71. The first kappa shape index (κ1) is 13.5. The molecule has 0 radical (unpaired) electrons. The molecular formula is C14H18O5. The average Bonchev–Trinajstić information content (AvgIpc) is 2.86. The first-order valence-corrected chi connectivity index (χ1v) is 6.27. The fourth-order valence-corrected chi connectivity index (χ4v) is 2.46. The van der Waals surface area contributed by atoms with Gasteiger partial charge >= 0.3 is 5.97 Å². The molecule has 2 unspecified atom stereocenters. The molecule has 1 aliphatic carbocycles. The summed E-state index contributed by atoms with van der Waals surface area (Å²) in [5.74, 6) is 0.353. The van der Waals surface area contributed by atoms with Crippen molar-refractivity contribution in [2.24, 2.45) is 5.92 Å². The molecule has 0 bridgehead atoms. The van der Waals surface area contributed by atoms with Gasteiger partial charge in [0.05, 0.1) is 20.1 Å². The number of rotatable bonds is 5. The quantitative estimate of drug-likeness (QED) is 0.886. The second-order valence-corrected chi connectivity index (χ2v) is 4.52. The predicted molar refractivity (Wildman–Crippen MR) is 68.9 cm³/mol. The van der Waals surface area contributed by atoms with Gasteiger partial charge in [-0.1, -0.05) is 6.07 Å². The first-order valence-electron chi connectivity index (χ1n) is 6.27. The molecule has 1 aromatic carbocycles.